The lowest BCUT2D eigenvalue weighted by Gasteiger charge is -2.21. The lowest BCUT2D eigenvalue weighted by Crippen LogP contribution is -2.07. The normalized spacial score (nSPS) is 13.5. The Bertz CT molecular complexity index is 1850. The van der Waals surface area contributed by atoms with E-state index in [1.807, 2.05) is 84.9 Å². The summed E-state index contributed by atoms with van der Waals surface area (Å²) >= 11 is 0. The van der Waals surface area contributed by atoms with Crippen LogP contribution in [0.3, 0.4) is 0 Å². The summed E-state index contributed by atoms with van der Waals surface area (Å²) in [6.45, 7) is 4.34. The molecular formula is C37H30O2. The molecule has 39 heavy (non-hydrogen) atoms. The summed E-state index contributed by atoms with van der Waals surface area (Å²) in [5.41, 5.74) is 4.01. The molecule has 0 radical (unpaired) electrons. The highest BCUT2D eigenvalue weighted by Crippen LogP contribution is 2.35. The summed E-state index contributed by atoms with van der Waals surface area (Å²) in [5, 5.41) is 29.6. The molecule has 0 saturated heterocycles. The minimum absolute atomic E-state index is 0.328. The first kappa shape index (κ1) is 24.8. The average Bonchev–Trinajstić information content (AvgIpc) is 2.99. The van der Waals surface area contributed by atoms with Crippen LogP contribution in [0.1, 0.15) is 35.3 Å². The number of rotatable bonds is 7. The predicted octanol–water partition coefficient (Wildman–Crippen LogP) is 8.94. The van der Waals surface area contributed by atoms with Gasteiger partial charge >= 0.3 is 0 Å². The first-order valence-corrected chi connectivity index (χ1v) is 13.3. The molecule has 0 aliphatic heterocycles. The van der Waals surface area contributed by atoms with Gasteiger partial charge in [-0.25, -0.2) is 0 Å². The van der Waals surface area contributed by atoms with Gasteiger partial charge < -0.3 is 10.2 Å². The topological polar surface area (TPSA) is 40.5 Å². The summed E-state index contributed by atoms with van der Waals surface area (Å²) in [6.07, 6.45) is 0.727. The Labute approximate surface area is 228 Å². The second-order valence-corrected chi connectivity index (χ2v) is 10.1. The second-order valence-electron chi connectivity index (χ2n) is 10.1. The van der Waals surface area contributed by atoms with Crippen molar-refractivity contribution in [3.8, 4) is 0 Å². The predicted molar refractivity (Wildman–Crippen MR) is 163 cm³/mol. The van der Waals surface area contributed by atoms with Gasteiger partial charge in [0.2, 0.25) is 0 Å². The van der Waals surface area contributed by atoms with Crippen LogP contribution in [0.5, 0.6) is 0 Å². The molecule has 0 aliphatic carbocycles. The fourth-order valence-corrected chi connectivity index (χ4v) is 5.28. The monoisotopic (exact) mass is 506 g/mol. The minimum Gasteiger partial charge on any atom is -0.388 e. The maximum Gasteiger partial charge on any atom is 0.104 e. The van der Waals surface area contributed by atoms with Crippen LogP contribution in [-0.4, -0.2) is 10.2 Å². The SMILES string of the molecule is C=C(/C(=C\c1ccc2ccccc2c1)C[C@H](O)c1ccc2ccccc2c1)[C@@H](O)c1ccc2ccccc2c1. The number of benzene rings is 6. The smallest absolute Gasteiger partial charge is 0.104 e. The standard InChI is InChI=1S/C37H30O2/c1-25(37(39)34-19-17-29-10-4-7-13-32(29)23-34)35(21-26-14-15-27-8-2-5-11-30(27)20-26)24-36(38)33-18-16-28-9-3-6-12-31(28)22-33/h2-23,36-39H,1,24H2/b35-21-/t36-,37+/m0/s1. The van der Waals surface area contributed by atoms with Gasteiger partial charge in [0.05, 0.1) is 6.10 Å². The first-order valence-electron chi connectivity index (χ1n) is 13.3. The van der Waals surface area contributed by atoms with Gasteiger partial charge in [-0.05, 0) is 78.4 Å². The zero-order valence-electron chi connectivity index (χ0n) is 21.7. The van der Waals surface area contributed by atoms with Crippen molar-refractivity contribution < 1.29 is 10.2 Å². The van der Waals surface area contributed by atoms with Gasteiger partial charge in [0.25, 0.3) is 0 Å². The number of aliphatic hydroxyl groups excluding tert-OH is 2. The van der Waals surface area contributed by atoms with E-state index in [1.165, 1.54) is 5.39 Å². The lowest BCUT2D eigenvalue weighted by molar-refractivity contribution is 0.175. The molecule has 0 aliphatic rings. The van der Waals surface area contributed by atoms with Gasteiger partial charge in [-0.2, -0.15) is 0 Å². The van der Waals surface area contributed by atoms with Crippen molar-refractivity contribution in [3.05, 3.63) is 162 Å². The third-order valence-corrected chi connectivity index (χ3v) is 7.52. The van der Waals surface area contributed by atoms with Gasteiger partial charge in [-0.1, -0.05) is 122 Å². The summed E-state index contributed by atoms with van der Waals surface area (Å²) in [4.78, 5) is 0. The highest BCUT2D eigenvalue weighted by Gasteiger charge is 2.20. The molecule has 2 heteroatoms. The van der Waals surface area contributed by atoms with Crippen LogP contribution >= 0.6 is 0 Å². The lowest BCUT2D eigenvalue weighted by atomic mass is 9.89. The summed E-state index contributed by atoms with van der Waals surface area (Å²) in [6, 6.07) is 42.8. The molecule has 6 rings (SSSR count). The van der Waals surface area contributed by atoms with Crippen LogP contribution in [0.25, 0.3) is 38.4 Å². The third-order valence-electron chi connectivity index (χ3n) is 7.52. The number of fused-ring (bicyclic) bond motifs is 3. The van der Waals surface area contributed by atoms with Crippen LogP contribution in [0.15, 0.2) is 145 Å². The summed E-state index contributed by atoms with van der Waals surface area (Å²) < 4.78 is 0. The van der Waals surface area contributed by atoms with Crippen LogP contribution in [-0.2, 0) is 0 Å². The van der Waals surface area contributed by atoms with E-state index in [4.69, 9.17) is 0 Å². The Balaban J connectivity index is 1.37. The molecule has 0 fully saturated rings. The van der Waals surface area contributed by atoms with Crippen molar-refractivity contribution >= 4 is 38.4 Å². The number of hydrogen-bond acceptors (Lipinski definition) is 2. The highest BCUT2D eigenvalue weighted by atomic mass is 16.3. The molecule has 0 aromatic heterocycles. The molecule has 2 nitrogen and oxygen atoms in total. The Kier molecular flexibility index (Phi) is 6.81. The van der Waals surface area contributed by atoms with Crippen LogP contribution < -0.4 is 0 Å². The fourth-order valence-electron chi connectivity index (χ4n) is 5.28. The average molecular weight is 507 g/mol. The van der Waals surface area contributed by atoms with Crippen LogP contribution in [0, 0.1) is 0 Å². The van der Waals surface area contributed by atoms with Gasteiger partial charge in [-0.3, -0.25) is 0 Å². The van der Waals surface area contributed by atoms with Crippen molar-refractivity contribution in [2.24, 2.45) is 0 Å². The molecular weight excluding hydrogens is 476 g/mol. The molecule has 0 bridgehead atoms. The van der Waals surface area contributed by atoms with E-state index in [1.54, 1.807) is 0 Å². The third kappa shape index (κ3) is 5.26. The Morgan fingerprint density at radius 2 is 1.03 bits per heavy atom. The molecule has 2 atom stereocenters. The van der Waals surface area contributed by atoms with Crippen LogP contribution in [0.2, 0.25) is 0 Å². The van der Waals surface area contributed by atoms with Crippen molar-refractivity contribution in [1.29, 1.82) is 0 Å². The molecule has 0 spiro atoms. The molecule has 6 aromatic rings. The van der Waals surface area contributed by atoms with Crippen molar-refractivity contribution in [2.45, 2.75) is 18.6 Å². The zero-order valence-corrected chi connectivity index (χ0v) is 21.7. The van der Waals surface area contributed by atoms with E-state index in [0.717, 1.165) is 49.2 Å². The first-order chi connectivity index (χ1) is 19.0. The van der Waals surface area contributed by atoms with E-state index < -0.39 is 12.2 Å². The minimum atomic E-state index is -0.898. The molecule has 0 amide bonds. The summed E-state index contributed by atoms with van der Waals surface area (Å²) in [5.74, 6) is 0. The molecule has 6 aromatic carbocycles. The molecule has 0 unspecified atom stereocenters. The number of aliphatic hydroxyl groups is 2. The second kappa shape index (κ2) is 10.7. The van der Waals surface area contributed by atoms with Gasteiger partial charge in [0.1, 0.15) is 6.10 Å². The Hall–Kier alpha value is -4.50. The fraction of sp³-hybridized carbons (Fsp3) is 0.0811. The Morgan fingerprint density at radius 3 is 1.62 bits per heavy atom. The maximum absolute atomic E-state index is 11.5. The van der Waals surface area contributed by atoms with E-state index in [9.17, 15) is 10.2 Å². The van der Waals surface area contributed by atoms with E-state index in [2.05, 4.69) is 55.1 Å². The maximum atomic E-state index is 11.5. The largest absolute Gasteiger partial charge is 0.388 e. The quantitative estimate of drug-likeness (QED) is 0.212. The number of hydrogen-bond donors (Lipinski definition) is 2. The van der Waals surface area contributed by atoms with Gasteiger partial charge in [-0.15, -0.1) is 0 Å². The van der Waals surface area contributed by atoms with Crippen molar-refractivity contribution in [3.63, 3.8) is 0 Å². The van der Waals surface area contributed by atoms with E-state index in [-0.39, 0.29) is 0 Å². The Morgan fingerprint density at radius 1 is 0.564 bits per heavy atom. The molecule has 2 N–H and O–H groups in total. The molecule has 0 saturated carbocycles. The molecule has 0 heterocycles. The van der Waals surface area contributed by atoms with Crippen molar-refractivity contribution in [1.82, 2.24) is 0 Å². The zero-order chi connectivity index (χ0) is 26.8. The van der Waals surface area contributed by atoms with Crippen LogP contribution in [0.4, 0.5) is 0 Å². The van der Waals surface area contributed by atoms with Crippen molar-refractivity contribution in [2.75, 3.05) is 0 Å². The van der Waals surface area contributed by atoms with E-state index >= 15 is 0 Å². The summed E-state index contributed by atoms with van der Waals surface area (Å²) in [7, 11) is 0. The van der Waals surface area contributed by atoms with Gasteiger partial charge in [0.15, 0.2) is 0 Å². The van der Waals surface area contributed by atoms with E-state index in [0.29, 0.717) is 12.0 Å². The highest BCUT2D eigenvalue weighted by molar-refractivity contribution is 5.86. The molecule has 190 valence electrons. The van der Waals surface area contributed by atoms with Gasteiger partial charge in [0, 0.05) is 6.42 Å².